The number of para-hydroxylation sites is 2. The van der Waals surface area contributed by atoms with E-state index >= 15 is 0 Å². The van der Waals surface area contributed by atoms with Crippen LogP contribution in [0.25, 0.3) is 5.69 Å². The van der Waals surface area contributed by atoms with Gasteiger partial charge in [-0.3, -0.25) is 4.79 Å². The Hall–Kier alpha value is -2.21. The SMILES string of the molecule is O=C(CNC1CCCC1)Nc1ccccc1-n1cncn1. The van der Waals surface area contributed by atoms with Crippen molar-refractivity contribution in [1.29, 1.82) is 0 Å². The zero-order chi connectivity index (χ0) is 14.5. The molecule has 1 fully saturated rings. The molecule has 0 atom stereocenters. The highest BCUT2D eigenvalue weighted by Gasteiger charge is 2.15. The average molecular weight is 285 g/mol. The lowest BCUT2D eigenvalue weighted by Gasteiger charge is -2.13. The molecule has 3 rings (SSSR count). The van der Waals surface area contributed by atoms with Gasteiger partial charge in [-0.25, -0.2) is 9.67 Å². The van der Waals surface area contributed by atoms with Crippen LogP contribution in [0.1, 0.15) is 25.7 Å². The maximum absolute atomic E-state index is 12.1. The van der Waals surface area contributed by atoms with E-state index < -0.39 is 0 Å². The smallest absolute Gasteiger partial charge is 0.238 e. The van der Waals surface area contributed by atoms with Crippen LogP contribution in [0.3, 0.4) is 0 Å². The Balaban J connectivity index is 1.63. The van der Waals surface area contributed by atoms with Crippen molar-refractivity contribution in [2.75, 3.05) is 11.9 Å². The Kier molecular flexibility index (Phi) is 4.25. The fourth-order valence-corrected chi connectivity index (χ4v) is 2.67. The summed E-state index contributed by atoms with van der Waals surface area (Å²) >= 11 is 0. The molecule has 110 valence electrons. The Labute approximate surface area is 123 Å². The number of carbonyl (C=O) groups excluding carboxylic acids is 1. The van der Waals surface area contributed by atoms with Gasteiger partial charge in [0.05, 0.1) is 17.9 Å². The van der Waals surface area contributed by atoms with Gasteiger partial charge in [0.25, 0.3) is 0 Å². The third kappa shape index (κ3) is 3.46. The van der Waals surface area contributed by atoms with Gasteiger partial charge in [-0.2, -0.15) is 5.10 Å². The Morgan fingerprint density at radius 2 is 2.10 bits per heavy atom. The van der Waals surface area contributed by atoms with E-state index in [9.17, 15) is 4.79 Å². The van der Waals surface area contributed by atoms with Gasteiger partial charge >= 0.3 is 0 Å². The summed E-state index contributed by atoms with van der Waals surface area (Å²) in [5, 5.41) is 10.3. The fourth-order valence-electron chi connectivity index (χ4n) is 2.67. The van der Waals surface area contributed by atoms with E-state index in [0.29, 0.717) is 12.6 Å². The summed E-state index contributed by atoms with van der Waals surface area (Å²) in [6.45, 7) is 0.344. The van der Waals surface area contributed by atoms with E-state index in [-0.39, 0.29) is 5.91 Å². The summed E-state index contributed by atoms with van der Waals surface area (Å²) in [5.41, 5.74) is 1.55. The van der Waals surface area contributed by atoms with Crippen LogP contribution in [0.15, 0.2) is 36.9 Å². The number of nitrogens with zero attached hydrogens (tertiary/aromatic N) is 3. The molecule has 0 bridgehead atoms. The summed E-state index contributed by atoms with van der Waals surface area (Å²) in [5.74, 6) is -0.0329. The summed E-state index contributed by atoms with van der Waals surface area (Å²) < 4.78 is 1.64. The molecule has 6 nitrogen and oxygen atoms in total. The van der Waals surface area contributed by atoms with Gasteiger partial charge in [-0.05, 0) is 25.0 Å². The quantitative estimate of drug-likeness (QED) is 0.877. The van der Waals surface area contributed by atoms with Gasteiger partial charge in [0.1, 0.15) is 12.7 Å². The summed E-state index contributed by atoms with van der Waals surface area (Å²) in [6, 6.07) is 8.05. The number of rotatable bonds is 5. The van der Waals surface area contributed by atoms with E-state index in [0.717, 1.165) is 11.4 Å². The van der Waals surface area contributed by atoms with Crippen molar-refractivity contribution in [3.8, 4) is 5.69 Å². The molecule has 1 aliphatic rings. The van der Waals surface area contributed by atoms with Crippen LogP contribution >= 0.6 is 0 Å². The number of anilines is 1. The summed E-state index contributed by atoms with van der Waals surface area (Å²) in [6.07, 6.45) is 7.94. The number of carbonyl (C=O) groups is 1. The van der Waals surface area contributed by atoms with Crippen LogP contribution in [0.4, 0.5) is 5.69 Å². The van der Waals surface area contributed by atoms with Gasteiger partial charge in [-0.15, -0.1) is 0 Å². The minimum absolute atomic E-state index is 0.0329. The molecule has 1 saturated carbocycles. The van der Waals surface area contributed by atoms with Gasteiger partial charge < -0.3 is 10.6 Å². The third-order valence-electron chi connectivity index (χ3n) is 3.75. The molecular weight excluding hydrogens is 266 g/mol. The number of aromatic nitrogens is 3. The second-order valence-electron chi connectivity index (χ2n) is 5.27. The van der Waals surface area contributed by atoms with E-state index in [1.54, 1.807) is 11.0 Å². The molecule has 0 spiro atoms. The first-order valence-electron chi connectivity index (χ1n) is 7.30. The minimum atomic E-state index is -0.0329. The van der Waals surface area contributed by atoms with Crippen molar-refractivity contribution in [3.05, 3.63) is 36.9 Å². The molecule has 0 aliphatic heterocycles. The lowest BCUT2D eigenvalue weighted by Crippen LogP contribution is -2.34. The summed E-state index contributed by atoms with van der Waals surface area (Å²) in [7, 11) is 0. The van der Waals surface area contributed by atoms with Crippen LogP contribution in [0.2, 0.25) is 0 Å². The van der Waals surface area contributed by atoms with Gasteiger partial charge in [0.2, 0.25) is 5.91 Å². The Morgan fingerprint density at radius 1 is 1.29 bits per heavy atom. The zero-order valence-corrected chi connectivity index (χ0v) is 11.8. The standard InChI is InChI=1S/C15H19N5O/c21-15(9-17-12-5-1-2-6-12)19-13-7-3-4-8-14(13)20-11-16-10-18-20/h3-4,7-8,10-12,17H,1-2,5-6,9H2,(H,19,21). The lowest BCUT2D eigenvalue weighted by molar-refractivity contribution is -0.115. The van der Waals surface area contributed by atoms with Crippen LogP contribution in [0, 0.1) is 0 Å². The van der Waals surface area contributed by atoms with Crippen molar-refractivity contribution in [3.63, 3.8) is 0 Å². The lowest BCUT2D eigenvalue weighted by atomic mass is 10.2. The highest BCUT2D eigenvalue weighted by atomic mass is 16.1. The normalized spacial score (nSPS) is 15.2. The number of hydrogen-bond donors (Lipinski definition) is 2. The second-order valence-corrected chi connectivity index (χ2v) is 5.27. The molecule has 1 aliphatic carbocycles. The highest BCUT2D eigenvalue weighted by molar-refractivity contribution is 5.94. The van der Waals surface area contributed by atoms with E-state index in [1.807, 2.05) is 24.3 Å². The topological polar surface area (TPSA) is 71.8 Å². The van der Waals surface area contributed by atoms with E-state index in [2.05, 4.69) is 20.7 Å². The van der Waals surface area contributed by atoms with Gasteiger partial charge in [0, 0.05) is 6.04 Å². The predicted molar refractivity (Wildman–Crippen MR) is 80.2 cm³/mol. The van der Waals surface area contributed by atoms with Crippen molar-refractivity contribution >= 4 is 11.6 Å². The zero-order valence-electron chi connectivity index (χ0n) is 11.8. The highest BCUT2D eigenvalue weighted by Crippen LogP contribution is 2.19. The first-order valence-corrected chi connectivity index (χ1v) is 7.30. The maximum atomic E-state index is 12.1. The van der Waals surface area contributed by atoms with Crippen LogP contribution in [0.5, 0.6) is 0 Å². The van der Waals surface area contributed by atoms with E-state index in [1.165, 1.54) is 32.0 Å². The number of hydrogen-bond acceptors (Lipinski definition) is 4. The first kappa shape index (κ1) is 13.8. The fraction of sp³-hybridized carbons (Fsp3) is 0.400. The maximum Gasteiger partial charge on any atom is 0.238 e. The molecule has 2 N–H and O–H groups in total. The molecule has 1 aromatic heterocycles. The largest absolute Gasteiger partial charge is 0.323 e. The molecule has 0 saturated heterocycles. The monoisotopic (exact) mass is 285 g/mol. The Morgan fingerprint density at radius 3 is 2.86 bits per heavy atom. The van der Waals surface area contributed by atoms with Crippen LogP contribution in [-0.4, -0.2) is 33.3 Å². The number of benzene rings is 1. The summed E-state index contributed by atoms with van der Waals surface area (Å²) in [4.78, 5) is 16.0. The molecule has 1 heterocycles. The van der Waals surface area contributed by atoms with Gasteiger partial charge in [0.15, 0.2) is 0 Å². The molecular formula is C15H19N5O. The van der Waals surface area contributed by atoms with Crippen molar-refractivity contribution in [2.45, 2.75) is 31.7 Å². The Bertz CT molecular complexity index is 590. The predicted octanol–water partition coefficient (Wildman–Crippen LogP) is 1.74. The number of amides is 1. The molecule has 21 heavy (non-hydrogen) atoms. The van der Waals surface area contributed by atoms with Gasteiger partial charge in [-0.1, -0.05) is 25.0 Å². The third-order valence-corrected chi connectivity index (χ3v) is 3.75. The average Bonchev–Trinajstić information content (AvgIpc) is 3.19. The van der Waals surface area contributed by atoms with Crippen molar-refractivity contribution < 1.29 is 4.79 Å². The molecule has 1 amide bonds. The number of nitrogens with one attached hydrogen (secondary N) is 2. The van der Waals surface area contributed by atoms with Crippen LogP contribution in [-0.2, 0) is 4.79 Å². The van der Waals surface area contributed by atoms with Crippen molar-refractivity contribution in [2.24, 2.45) is 0 Å². The van der Waals surface area contributed by atoms with Crippen molar-refractivity contribution in [1.82, 2.24) is 20.1 Å². The molecule has 6 heteroatoms. The first-order chi connectivity index (χ1) is 10.3. The second kappa shape index (κ2) is 6.49. The molecule has 1 aromatic carbocycles. The van der Waals surface area contributed by atoms with Crippen LogP contribution < -0.4 is 10.6 Å². The molecule has 0 radical (unpaired) electrons. The molecule has 0 unspecified atom stereocenters. The molecule has 2 aromatic rings. The minimum Gasteiger partial charge on any atom is -0.323 e. The van der Waals surface area contributed by atoms with E-state index in [4.69, 9.17) is 0 Å².